The van der Waals surface area contributed by atoms with Crippen LogP contribution in [0.3, 0.4) is 0 Å². The van der Waals surface area contributed by atoms with Crippen molar-refractivity contribution in [2.24, 2.45) is 0 Å². The SMILES string of the molecule is Fc1ccc(CC(CCl)c2ccccc2F)cc1F. The van der Waals surface area contributed by atoms with Gasteiger partial charge in [-0.15, -0.1) is 11.6 Å². The molecule has 0 bridgehead atoms. The van der Waals surface area contributed by atoms with Gasteiger partial charge in [0.1, 0.15) is 5.82 Å². The maximum Gasteiger partial charge on any atom is 0.159 e. The predicted octanol–water partition coefficient (Wildman–Crippen LogP) is 4.67. The molecule has 0 saturated carbocycles. The van der Waals surface area contributed by atoms with Gasteiger partial charge in [0.05, 0.1) is 0 Å². The van der Waals surface area contributed by atoms with E-state index >= 15 is 0 Å². The molecular weight excluding hydrogens is 273 g/mol. The van der Waals surface area contributed by atoms with Crippen LogP contribution in [0.1, 0.15) is 17.0 Å². The third kappa shape index (κ3) is 3.29. The lowest BCUT2D eigenvalue weighted by Gasteiger charge is -2.15. The molecule has 2 aromatic carbocycles. The Morgan fingerprint density at radius 2 is 1.63 bits per heavy atom. The molecule has 1 unspecified atom stereocenters. The summed E-state index contributed by atoms with van der Waals surface area (Å²) < 4.78 is 39.7. The molecule has 0 aliphatic heterocycles. The van der Waals surface area contributed by atoms with Crippen LogP contribution in [0.5, 0.6) is 0 Å². The van der Waals surface area contributed by atoms with Gasteiger partial charge >= 0.3 is 0 Å². The van der Waals surface area contributed by atoms with Gasteiger partial charge in [-0.25, -0.2) is 13.2 Å². The van der Waals surface area contributed by atoms with Crippen molar-refractivity contribution in [3.63, 3.8) is 0 Å². The Morgan fingerprint density at radius 3 is 2.26 bits per heavy atom. The summed E-state index contributed by atoms with van der Waals surface area (Å²) in [6.07, 6.45) is 0.363. The van der Waals surface area contributed by atoms with Crippen molar-refractivity contribution in [1.29, 1.82) is 0 Å². The molecule has 0 nitrogen and oxygen atoms in total. The molecule has 0 aliphatic rings. The third-order valence-electron chi connectivity index (χ3n) is 3.00. The highest BCUT2D eigenvalue weighted by atomic mass is 35.5. The van der Waals surface area contributed by atoms with Gasteiger partial charge < -0.3 is 0 Å². The molecule has 0 amide bonds. The summed E-state index contributed by atoms with van der Waals surface area (Å²) in [6.45, 7) is 0. The van der Waals surface area contributed by atoms with Crippen LogP contribution in [-0.2, 0) is 6.42 Å². The molecule has 0 heterocycles. The Bertz CT molecular complexity index is 569. The smallest absolute Gasteiger partial charge is 0.159 e. The first kappa shape index (κ1) is 13.9. The Kier molecular flexibility index (Phi) is 4.48. The van der Waals surface area contributed by atoms with Gasteiger partial charge in [-0.05, 0) is 35.7 Å². The Morgan fingerprint density at radius 1 is 0.895 bits per heavy atom. The number of alkyl halides is 1. The lowest BCUT2D eigenvalue weighted by Crippen LogP contribution is -2.07. The maximum absolute atomic E-state index is 13.7. The van der Waals surface area contributed by atoms with E-state index in [9.17, 15) is 13.2 Å². The molecule has 2 rings (SSSR count). The number of hydrogen-bond acceptors (Lipinski definition) is 0. The fourth-order valence-electron chi connectivity index (χ4n) is 2.00. The topological polar surface area (TPSA) is 0 Å². The minimum Gasteiger partial charge on any atom is -0.207 e. The van der Waals surface area contributed by atoms with Gasteiger partial charge in [-0.1, -0.05) is 24.3 Å². The molecule has 100 valence electrons. The van der Waals surface area contributed by atoms with Crippen molar-refractivity contribution >= 4 is 11.6 Å². The average Bonchev–Trinajstić information content (AvgIpc) is 2.41. The average molecular weight is 285 g/mol. The largest absolute Gasteiger partial charge is 0.207 e. The summed E-state index contributed by atoms with van der Waals surface area (Å²) in [5.41, 5.74) is 1.08. The van der Waals surface area contributed by atoms with Gasteiger partial charge in [0.2, 0.25) is 0 Å². The summed E-state index contributed by atoms with van der Waals surface area (Å²) in [5, 5.41) is 0. The van der Waals surface area contributed by atoms with E-state index in [0.29, 0.717) is 17.5 Å². The highest BCUT2D eigenvalue weighted by Crippen LogP contribution is 2.25. The van der Waals surface area contributed by atoms with E-state index in [1.807, 2.05) is 0 Å². The lowest BCUT2D eigenvalue weighted by atomic mass is 9.93. The van der Waals surface area contributed by atoms with Crippen molar-refractivity contribution in [3.05, 3.63) is 71.0 Å². The first-order valence-electron chi connectivity index (χ1n) is 5.86. The van der Waals surface area contributed by atoms with E-state index in [0.717, 1.165) is 12.1 Å². The van der Waals surface area contributed by atoms with Crippen molar-refractivity contribution in [2.45, 2.75) is 12.3 Å². The summed E-state index contributed by atoms with van der Waals surface area (Å²) in [5.74, 6) is -2.19. The quantitative estimate of drug-likeness (QED) is 0.716. The molecule has 0 aliphatic carbocycles. The van der Waals surface area contributed by atoms with Crippen LogP contribution < -0.4 is 0 Å². The van der Waals surface area contributed by atoms with E-state index in [-0.39, 0.29) is 17.6 Å². The molecule has 19 heavy (non-hydrogen) atoms. The molecule has 0 saturated heterocycles. The molecule has 2 aromatic rings. The standard InChI is InChI=1S/C15H12ClF3/c16-9-11(12-3-1-2-4-13(12)17)7-10-5-6-14(18)15(19)8-10/h1-6,8,11H,7,9H2. The second-order valence-corrected chi connectivity index (χ2v) is 4.63. The van der Waals surface area contributed by atoms with Gasteiger partial charge in [-0.2, -0.15) is 0 Å². The lowest BCUT2D eigenvalue weighted by molar-refractivity contribution is 0.506. The van der Waals surface area contributed by atoms with Crippen molar-refractivity contribution < 1.29 is 13.2 Å². The molecule has 4 heteroatoms. The Hall–Kier alpha value is -1.48. The molecule has 0 N–H and O–H groups in total. The van der Waals surface area contributed by atoms with Crippen LogP contribution in [-0.4, -0.2) is 5.88 Å². The van der Waals surface area contributed by atoms with E-state index in [4.69, 9.17) is 11.6 Å². The second-order valence-electron chi connectivity index (χ2n) is 4.33. The number of hydrogen-bond donors (Lipinski definition) is 0. The van der Waals surface area contributed by atoms with Crippen LogP contribution in [0, 0.1) is 17.5 Å². The minimum absolute atomic E-state index is 0.208. The zero-order valence-electron chi connectivity index (χ0n) is 10.0. The highest BCUT2D eigenvalue weighted by molar-refractivity contribution is 6.18. The van der Waals surface area contributed by atoms with Crippen LogP contribution >= 0.6 is 11.6 Å². The number of halogens is 4. The minimum atomic E-state index is -0.903. The molecule has 1 atom stereocenters. The predicted molar refractivity (Wildman–Crippen MR) is 69.9 cm³/mol. The van der Waals surface area contributed by atoms with Crippen LogP contribution in [0.4, 0.5) is 13.2 Å². The highest BCUT2D eigenvalue weighted by Gasteiger charge is 2.16. The zero-order valence-corrected chi connectivity index (χ0v) is 10.8. The van der Waals surface area contributed by atoms with Gasteiger partial charge in [0.25, 0.3) is 0 Å². The fourth-order valence-corrected chi connectivity index (χ4v) is 2.28. The monoisotopic (exact) mass is 284 g/mol. The van der Waals surface area contributed by atoms with Crippen molar-refractivity contribution in [2.75, 3.05) is 5.88 Å². The van der Waals surface area contributed by atoms with Crippen molar-refractivity contribution in [3.8, 4) is 0 Å². The molecule has 0 aromatic heterocycles. The number of benzene rings is 2. The Labute approximate surface area is 114 Å². The van der Waals surface area contributed by atoms with E-state index in [1.54, 1.807) is 18.2 Å². The van der Waals surface area contributed by atoms with Gasteiger partial charge in [0, 0.05) is 11.8 Å². The summed E-state index contributed by atoms with van der Waals surface area (Å²) in [4.78, 5) is 0. The first-order valence-corrected chi connectivity index (χ1v) is 6.39. The Balaban J connectivity index is 2.24. The van der Waals surface area contributed by atoms with Gasteiger partial charge in [0.15, 0.2) is 11.6 Å². The first-order chi connectivity index (χ1) is 9.11. The van der Waals surface area contributed by atoms with Crippen LogP contribution in [0.25, 0.3) is 0 Å². The summed E-state index contributed by atoms with van der Waals surface area (Å²) in [7, 11) is 0. The molecular formula is C15H12ClF3. The summed E-state index contributed by atoms with van der Waals surface area (Å²) in [6, 6.07) is 10.0. The van der Waals surface area contributed by atoms with E-state index in [1.165, 1.54) is 12.1 Å². The molecule has 0 spiro atoms. The normalized spacial score (nSPS) is 12.4. The van der Waals surface area contributed by atoms with E-state index < -0.39 is 11.6 Å². The molecule has 0 radical (unpaired) electrons. The second kappa shape index (κ2) is 6.11. The molecule has 0 fully saturated rings. The van der Waals surface area contributed by atoms with Gasteiger partial charge in [-0.3, -0.25) is 0 Å². The maximum atomic E-state index is 13.7. The third-order valence-corrected chi connectivity index (χ3v) is 3.37. The van der Waals surface area contributed by atoms with Crippen LogP contribution in [0.2, 0.25) is 0 Å². The fraction of sp³-hybridized carbons (Fsp3) is 0.200. The number of rotatable bonds is 4. The van der Waals surface area contributed by atoms with Crippen LogP contribution in [0.15, 0.2) is 42.5 Å². The van der Waals surface area contributed by atoms with Crippen molar-refractivity contribution in [1.82, 2.24) is 0 Å². The summed E-state index contributed by atoms with van der Waals surface area (Å²) >= 11 is 5.86. The zero-order chi connectivity index (χ0) is 13.8. The van der Waals surface area contributed by atoms with E-state index in [2.05, 4.69) is 0 Å².